The number of hydrogen-bond acceptors (Lipinski definition) is 6. The first-order chi connectivity index (χ1) is 20.4. The lowest BCUT2D eigenvalue weighted by molar-refractivity contribution is -0.143. The molecule has 8 heteroatoms. The van der Waals surface area contributed by atoms with Crippen LogP contribution in [0.2, 0.25) is 0 Å². The van der Waals surface area contributed by atoms with E-state index in [1.54, 1.807) is 0 Å². The number of aliphatic hydroxyl groups is 1. The van der Waals surface area contributed by atoms with Gasteiger partial charge in [0.15, 0.2) is 0 Å². The number of fused-ring (bicyclic) bond motifs is 1. The van der Waals surface area contributed by atoms with Gasteiger partial charge in [0.25, 0.3) is 0 Å². The van der Waals surface area contributed by atoms with Crippen LogP contribution in [0, 0.1) is 5.92 Å². The summed E-state index contributed by atoms with van der Waals surface area (Å²) in [6.07, 6.45) is 3.01. The predicted octanol–water partition coefficient (Wildman–Crippen LogP) is 4.12. The first-order valence-electron chi connectivity index (χ1n) is 14.9. The van der Waals surface area contributed by atoms with Gasteiger partial charge in [0.1, 0.15) is 5.75 Å². The molecule has 0 spiro atoms. The second-order valence-electron chi connectivity index (χ2n) is 11.3. The van der Waals surface area contributed by atoms with Crippen LogP contribution >= 0.6 is 0 Å². The van der Waals surface area contributed by atoms with Gasteiger partial charge in [0.2, 0.25) is 5.91 Å². The van der Waals surface area contributed by atoms with Gasteiger partial charge in [-0.2, -0.15) is 0 Å². The van der Waals surface area contributed by atoms with Crippen LogP contribution < -0.4 is 15.4 Å². The van der Waals surface area contributed by atoms with Crippen molar-refractivity contribution in [3.63, 3.8) is 0 Å². The molecule has 1 fully saturated rings. The molecule has 3 aromatic carbocycles. The number of carbonyl (C=O) groups is 2. The van der Waals surface area contributed by atoms with E-state index in [4.69, 9.17) is 10.5 Å². The first-order valence-corrected chi connectivity index (χ1v) is 14.9. The molecule has 2 aliphatic rings. The topological polar surface area (TPSA) is 116 Å². The molecule has 222 valence electrons. The minimum atomic E-state index is -0.878. The van der Waals surface area contributed by atoms with E-state index in [0.717, 1.165) is 58.5 Å². The van der Waals surface area contributed by atoms with Crippen LogP contribution in [-0.2, 0) is 35.6 Å². The van der Waals surface area contributed by atoms with E-state index in [2.05, 4.69) is 17.9 Å². The van der Waals surface area contributed by atoms with Gasteiger partial charge in [0.05, 0.1) is 25.7 Å². The van der Waals surface area contributed by atoms with E-state index in [1.807, 2.05) is 65.6 Å². The molecule has 42 heavy (non-hydrogen) atoms. The summed E-state index contributed by atoms with van der Waals surface area (Å²) in [5.74, 6) is -1.11. The van der Waals surface area contributed by atoms with Crippen LogP contribution in [0.3, 0.4) is 0 Å². The molecule has 5 rings (SSSR count). The van der Waals surface area contributed by atoms with Crippen LogP contribution in [0.5, 0.6) is 5.75 Å². The number of ether oxygens (including phenoxy) is 1. The third-order valence-corrected chi connectivity index (χ3v) is 8.73. The highest BCUT2D eigenvalue weighted by Gasteiger charge is 2.47. The van der Waals surface area contributed by atoms with Crippen molar-refractivity contribution < 1.29 is 24.5 Å². The molecule has 3 atom stereocenters. The number of aliphatic carboxylic acids is 1. The fourth-order valence-corrected chi connectivity index (χ4v) is 6.48. The Balaban J connectivity index is 1.49. The lowest BCUT2D eigenvalue weighted by Crippen LogP contribution is -2.45. The Hall–Kier alpha value is -3.72. The highest BCUT2D eigenvalue weighted by Crippen LogP contribution is 2.41. The minimum absolute atomic E-state index is 0.0646. The number of carboxylic acids is 1. The maximum atomic E-state index is 14.0. The summed E-state index contributed by atoms with van der Waals surface area (Å²) in [5.41, 5.74) is 11.4. The number of unbranched alkanes of at least 4 members (excludes halogenated alkanes) is 1. The van der Waals surface area contributed by atoms with Gasteiger partial charge in [-0.15, -0.1) is 0 Å². The molecule has 0 aliphatic carbocycles. The van der Waals surface area contributed by atoms with Crippen LogP contribution in [0.4, 0.5) is 5.69 Å². The first kappa shape index (κ1) is 29.8. The van der Waals surface area contributed by atoms with Crippen molar-refractivity contribution in [2.24, 2.45) is 11.7 Å². The Bertz CT molecular complexity index is 1410. The van der Waals surface area contributed by atoms with Gasteiger partial charge in [0, 0.05) is 43.7 Å². The van der Waals surface area contributed by atoms with E-state index in [1.165, 1.54) is 0 Å². The SMILES string of the molecule is CCCCN(C(=O)CN1C[C@H](c2ccc3c(c2)CCO3)[C@@H](C(=O)O)[C@@H]1Cc1ccccc1CO)c1cccc(CN)c1. The van der Waals surface area contributed by atoms with Crippen LogP contribution in [-0.4, -0.2) is 59.3 Å². The quantitative estimate of drug-likeness (QED) is 0.300. The number of nitrogens with zero attached hydrogens (tertiary/aromatic N) is 2. The molecule has 2 aliphatic heterocycles. The zero-order valence-corrected chi connectivity index (χ0v) is 24.2. The van der Waals surface area contributed by atoms with Crippen LogP contribution in [0.1, 0.15) is 53.5 Å². The number of amides is 1. The number of nitrogens with two attached hydrogens (primary N) is 1. The van der Waals surface area contributed by atoms with Crippen molar-refractivity contribution in [2.45, 2.75) is 57.7 Å². The van der Waals surface area contributed by atoms with Crippen molar-refractivity contribution in [1.82, 2.24) is 4.90 Å². The fourth-order valence-electron chi connectivity index (χ4n) is 6.48. The number of hydrogen-bond donors (Lipinski definition) is 3. The summed E-state index contributed by atoms with van der Waals surface area (Å²) < 4.78 is 5.70. The van der Waals surface area contributed by atoms with E-state index in [9.17, 15) is 19.8 Å². The van der Waals surface area contributed by atoms with Gasteiger partial charge >= 0.3 is 5.97 Å². The zero-order valence-electron chi connectivity index (χ0n) is 24.2. The lowest BCUT2D eigenvalue weighted by Gasteiger charge is -2.30. The zero-order chi connectivity index (χ0) is 29.6. The number of carboxylic acid groups (broad SMARTS) is 1. The molecule has 0 radical (unpaired) electrons. The highest BCUT2D eigenvalue weighted by atomic mass is 16.5. The molecule has 8 nitrogen and oxygen atoms in total. The molecule has 1 amide bonds. The van der Waals surface area contributed by atoms with Crippen molar-refractivity contribution in [3.05, 3.63) is 94.5 Å². The van der Waals surface area contributed by atoms with Gasteiger partial charge < -0.3 is 25.6 Å². The summed E-state index contributed by atoms with van der Waals surface area (Å²) in [6, 6.07) is 20.9. The average Bonchev–Trinajstić information content (AvgIpc) is 3.62. The van der Waals surface area contributed by atoms with Crippen molar-refractivity contribution >= 4 is 17.6 Å². The number of aliphatic hydroxyl groups excluding tert-OH is 1. The highest BCUT2D eigenvalue weighted by molar-refractivity contribution is 5.95. The Morgan fingerprint density at radius 3 is 2.62 bits per heavy atom. The average molecular weight is 572 g/mol. The molecule has 0 bridgehead atoms. The number of carbonyl (C=O) groups excluding carboxylic acids is 1. The van der Waals surface area contributed by atoms with Gasteiger partial charge in [-0.3, -0.25) is 14.5 Å². The third-order valence-electron chi connectivity index (χ3n) is 8.73. The van der Waals surface area contributed by atoms with E-state index in [0.29, 0.717) is 32.7 Å². The monoisotopic (exact) mass is 571 g/mol. The summed E-state index contributed by atoms with van der Waals surface area (Å²) >= 11 is 0. The standard InChI is InChI=1S/C34H41N3O5/c1-2-3-14-37(28-10-6-7-23(16-28)19-35)32(39)21-36-20-29(25-11-12-31-26(17-25)13-15-42-31)33(34(40)41)30(36)18-24-8-4-5-9-27(24)22-38/h4-12,16-17,29-30,33,38H,2-3,13-15,18-22,35H2,1H3,(H,40,41)/t29-,30+,33-/m1/s1. The van der Waals surface area contributed by atoms with Gasteiger partial charge in [-0.05, 0) is 58.9 Å². The van der Waals surface area contributed by atoms with Gasteiger partial charge in [-0.1, -0.05) is 61.9 Å². The Morgan fingerprint density at radius 1 is 1.07 bits per heavy atom. The van der Waals surface area contributed by atoms with Gasteiger partial charge in [-0.25, -0.2) is 0 Å². The molecule has 0 saturated carbocycles. The fraction of sp³-hybridized carbons (Fsp3) is 0.412. The molecule has 4 N–H and O–H groups in total. The number of benzene rings is 3. The minimum Gasteiger partial charge on any atom is -0.493 e. The summed E-state index contributed by atoms with van der Waals surface area (Å²) in [5, 5.41) is 20.6. The second kappa shape index (κ2) is 13.5. The summed E-state index contributed by atoms with van der Waals surface area (Å²) in [7, 11) is 0. The van der Waals surface area contributed by atoms with Crippen molar-refractivity contribution in [1.29, 1.82) is 0 Å². The molecule has 3 aromatic rings. The molecular formula is C34H41N3O5. The predicted molar refractivity (Wildman–Crippen MR) is 163 cm³/mol. The molecule has 2 heterocycles. The number of anilines is 1. The molecular weight excluding hydrogens is 530 g/mol. The molecule has 1 saturated heterocycles. The molecule has 0 unspecified atom stereocenters. The second-order valence-corrected chi connectivity index (χ2v) is 11.3. The van der Waals surface area contributed by atoms with Crippen molar-refractivity contribution in [2.75, 3.05) is 31.1 Å². The lowest BCUT2D eigenvalue weighted by atomic mass is 9.82. The molecule has 0 aromatic heterocycles. The largest absolute Gasteiger partial charge is 0.493 e. The normalized spacial score (nSPS) is 19.8. The Morgan fingerprint density at radius 2 is 1.88 bits per heavy atom. The third kappa shape index (κ3) is 6.36. The summed E-state index contributed by atoms with van der Waals surface area (Å²) in [4.78, 5) is 30.9. The number of rotatable bonds is 12. The van der Waals surface area contributed by atoms with Crippen LogP contribution in [0.25, 0.3) is 0 Å². The van der Waals surface area contributed by atoms with E-state index in [-0.39, 0.29) is 25.0 Å². The summed E-state index contributed by atoms with van der Waals surface area (Å²) in [6.45, 7) is 4.09. The maximum Gasteiger partial charge on any atom is 0.308 e. The van der Waals surface area contributed by atoms with E-state index >= 15 is 0 Å². The van der Waals surface area contributed by atoms with E-state index < -0.39 is 17.9 Å². The number of likely N-dealkylation sites (tertiary alicyclic amines) is 1. The van der Waals surface area contributed by atoms with Crippen molar-refractivity contribution in [3.8, 4) is 5.75 Å². The maximum absolute atomic E-state index is 14.0. The Kier molecular flexibility index (Phi) is 9.57. The smallest absolute Gasteiger partial charge is 0.308 e. The van der Waals surface area contributed by atoms with Crippen LogP contribution in [0.15, 0.2) is 66.7 Å². The Labute approximate surface area is 247 Å².